The van der Waals surface area contributed by atoms with E-state index in [-0.39, 0.29) is 6.61 Å². The fourth-order valence-electron chi connectivity index (χ4n) is 1.89. The standard InChI is InChI=1S/C14H13N5O2/c1-19-9-17-11-12(15-8-16-13(11)19)18-14(20)21-7-10-5-3-2-4-6-10/h2-6,8-9H,7H2,1H3,(H,15,16,18,20). The largest absolute Gasteiger partial charge is 0.444 e. The van der Waals surface area contributed by atoms with E-state index in [1.807, 2.05) is 37.4 Å². The Morgan fingerprint density at radius 3 is 2.86 bits per heavy atom. The number of fused-ring (bicyclic) bond motifs is 1. The number of rotatable bonds is 3. The van der Waals surface area contributed by atoms with Gasteiger partial charge in [-0.3, -0.25) is 5.32 Å². The van der Waals surface area contributed by atoms with Gasteiger partial charge in [0.25, 0.3) is 0 Å². The summed E-state index contributed by atoms with van der Waals surface area (Å²) < 4.78 is 6.89. The molecule has 0 saturated carbocycles. The van der Waals surface area contributed by atoms with Crippen LogP contribution in [0.25, 0.3) is 11.2 Å². The van der Waals surface area contributed by atoms with E-state index in [1.165, 1.54) is 6.33 Å². The van der Waals surface area contributed by atoms with Crippen molar-refractivity contribution >= 4 is 23.1 Å². The second-order valence-electron chi connectivity index (χ2n) is 4.44. The summed E-state index contributed by atoms with van der Waals surface area (Å²) in [5.74, 6) is 0.332. The first-order valence-electron chi connectivity index (χ1n) is 6.34. The van der Waals surface area contributed by atoms with Gasteiger partial charge < -0.3 is 9.30 Å². The fraction of sp³-hybridized carbons (Fsp3) is 0.143. The first-order valence-corrected chi connectivity index (χ1v) is 6.34. The van der Waals surface area contributed by atoms with E-state index in [9.17, 15) is 4.79 Å². The molecule has 106 valence electrons. The van der Waals surface area contributed by atoms with Crippen LogP contribution in [0, 0.1) is 0 Å². The number of imidazole rings is 1. The molecule has 0 atom stereocenters. The summed E-state index contributed by atoms with van der Waals surface area (Å²) >= 11 is 0. The predicted octanol–water partition coefficient (Wildman–Crippen LogP) is 2.11. The molecule has 0 saturated heterocycles. The summed E-state index contributed by atoms with van der Waals surface area (Å²) in [7, 11) is 1.82. The maximum Gasteiger partial charge on any atom is 0.413 e. The molecule has 1 aromatic carbocycles. The molecule has 3 aromatic rings. The Labute approximate surface area is 120 Å². The monoisotopic (exact) mass is 283 g/mol. The van der Waals surface area contributed by atoms with Gasteiger partial charge in [0, 0.05) is 7.05 Å². The van der Waals surface area contributed by atoms with Gasteiger partial charge in [-0.05, 0) is 5.56 Å². The lowest BCUT2D eigenvalue weighted by Crippen LogP contribution is -2.15. The Kier molecular flexibility index (Phi) is 3.46. The summed E-state index contributed by atoms with van der Waals surface area (Å²) in [6.07, 6.45) is 2.40. The number of nitrogens with one attached hydrogen (secondary N) is 1. The highest BCUT2D eigenvalue weighted by Gasteiger charge is 2.11. The van der Waals surface area contributed by atoms with Crippen molar-refractivity contribution in [3.8, 4) is 0 Å². The van der Waals surface area contributed by atoms with Crippen molar-refractivity contribution in [3.63, 3.8) is 0 Å². The van der Waals surface area contributed by atoms with E-state index in [1.54, 1.807) is 10.9 Å². The molecule has 1 amide bonds. The number of hydrogen-bond donors (Lipinski definition) is 1. The fourth-order valence-corrected chi connectivity index (χ4v) is 1.89. The van der Waals surface area contributed by atoms with Crippen LogP contribution in [-0.2, 0) is 18.4 Å². The number of aromatic nitrogens is 4. The van der Waals surface area contributed by atoms with Crippen LogP contribution in [0.3, 0.4) is 0 Å². The van der Waals surface area contributed by atoms with Gasteiger partial charge in [-0.15, -0.1) is 0 Å². The van der Waals surface area contributed by atoms with E-state index < -0.39 is 6.09 Å². The molecule has 21 heavy (non-hydrogen) atoms. The van der Waals surface area contributed by atoms with Gasteiger partial charge in [0.05, 0.1) is 6.33 Å². The zero-order valence-corrected chi connectivity index (χ0v) is 11.4. The van der Waals surface area contributed by atoms with Crippen molar-refractivity contribution < 1.29 is 9.53 Å². The maximum absolute atomic E-state index is 11.8. The van der Waals surface area contributed by atoms with Crippen LogP contribution in [0.1, 0.15) is 5.56 Å². The molecule has 0 spiro atoms. The Hall–Kier alpha value is -2.96. The molecule has 2 aromatic heterocycles. The molecule has 2 heterocycles. The molecule has 7 heteroatoms. The number of carbonyl (C=O) groups is 1. The summed E-state index contributed by atoms with van der Waals surface area (Å²) in [6, 6.07) is 9.45. The molecule has 0 unspecified atom stereocenters. The van der Waals surface area contributed by atoms with E-state index in [4.69, 9.17) is 4.74 Å². The lowest BCUT2D eigenvalue weighted by Gasteiger charge is -2.06. The molecule has 0 fully saturated rings. The first-order chi connectivity index (χ1) is 10.2. The molecule has 3 rings (SSSR count). The number of anilines is 1. The third-order valence-electron chi connectivity index (χ3n) is 2.93. The van der Waals surface area contributed by atoms with Crippen molar-refractivity contribution in [2.45, 2.75) is 6.61 Å². The summed E-state index contributed by atoms with van der Waals surface area (Å²) in [4.78, 5) is 24.1. The molecule has 0 aliphatic rings. The highest BCUT2D eigenvalue weighted by atomic mass is 16.5. The van der Waals surface area contributed by atoms with E-state index in [2.05, 4.69) is 20.3 Å². The second kappa shape index (κ2) is 5.58. The van der Waals surface area contributed by atoms with Crippen LogP contribution in [0.5, 0.6) is 0 Å². The van der Waals surface area contributed by atoms with Gasteiger partial charge in [-0.1, -0.05) is 30.3 Å². The third kappa shape index (κ3) is 2.81. The second-order valence-corrected chi connectivity index (χ2v) is 4.44. The van der Waals surface area contributed by atoms with E-state index in [0.717, 1.165) is 5.56 Å². The highest BCUT2D eigenvalue weighted by Crippen LogP contribution is 2.16. The number of ether oxygens (including phenoxy) is 1. The molecule has 1 N–H and O–H groups in total. The number of aryl methyl sites for hydroxylation is 1. The Balaban J connectivity index is 1.69. The normalized spacial score (nSPS) is 10.5. The lowest BCUT2D eigenvalue weighted by molar-refractivity contribution is 0.155. The Morgan fingerprint density at radius 1 is 1.24 bits per heavy atom. The van der Waals surface area contributed by atoms with Crippen LogP contribution >= 0.6 is 0 Å². The van der Waals surface area contributed by atoms with Crippen molar-refractivity contribution in [3.05, 3.63) is 48.5 Å². The summed E-state index contributed by atoms with van der Waals surface area (Å²) in [6.45, 7) is 0.198. The van der Waals surface area contributed by atoms with Crippen LogP contribution in [-0.4, -0.2) is 25.6 Å². The van der Waals surface area contributed by atoms with Crippen molar-refractivity contribution in [1.29, 1.82) is 0 Å². The molecule has 7 nitrogen and oxygen atoms in total. The predicted molar refractivity (Wildman–Crippen MR) is 76.6 cm³/mol. The quantitative estimate of drug-likeness (QED) is 0.796. The number of amides is 1. The zero-order valence-electron chi connectivity index (χ0n) is 11.4. The molecule has 0 bridgehead atoms. The minimum Gasteiger partial charge on any atom is -0.444 e. The number of carbonyl (C=O) groups excluding carboxylic acids is 1. The van der Waals surface area contributed by atoms with Crippen LogP contribution in [0.4, 0.5) is 10.6 Å². The Morgan fingerprint density at radius 2 is 2.05 bits per heavy atom. The van der Waals surface area contributed by atoms with Crippen LogP contribution < -0.4 is 5.32 Å². The van der Waals surface area contributed by atoms with Gasteiger partial charge in [0.1, 0.15) is 12.9 Å². The molecule has 0 aliphatic carbocycles. The average Bonchev–Trinajstić information content (AvgIpc) is 2.89. The highest BCUT2D eigenvalue weighted by molar-refractivity contribution is 5.93. The van der Waals surface area contributed by atoms with Crippen molar-refractivity contribution in [2.24, 2.45) is 7.05 Å². The molecular weight excluding hydrogens is 270 g/mol. The topological polar surface area (TPSA) is 81.9 Å². The van der Waals surface area contributed by atoms with Gasteiger partial charge in [-0.25, -0.2) is 19.7 Å². The number of benzene rings is 1. The summed E-state index contributed by atoms with van der Waals surface area (Å²) in [5, 5.41) is 2.58. The van der Waals surface area contributed by atoms with Gasteiger partial charge >= 0.3 is 6.09 Å². The van der Waals surface area contributed by atoms with Gasteiger partial charge in [0.2, 0.25) is 0 Å². The molecule has 0 aliphatic heterocycles. The number of nitrogens with zero attached hydrogens (tertiary/aromatic N) is 4. The molecular formula is C14H13N5O2. The minimum atomic E-state index is -0.579. The van der Waals surface area contributed by atoms with E-state index >= 15 is 0 Å². The number of hydrogen-bond acceptors (Lipinski definition) is 5. The Bertz CT molecular complexity index is 769. The minimum absolute atomic E-state index is 0.198. The van der Waals surface area contributed by atoms with Crippen molar-refractivity contribution in [1.82, 2.24) is 19.5 Å². The van der Waals surface area contributed by atoms with E-state index in [0.29, 0.717) is 17.0 Å². The van der Waals surface area contributed by atoms with Crippen LogP contribution in [0.15, 0.2) is 43.0 Å². The zero-order chi connectivity index (χ0) is 14.7. The SMILES string of the molecule is Cn1cnc2c(NC(=O)OCc3ccccc3)ncnc21. The lowest BCUT2D eigenvalue weighted by atomic mass is 10.2. The van der Waals surface area contributed by atoms with Gasteiger partial charge in [0.15, 0.2) is 17.0 Å². The van der Waals surface area contributed by atoms with Crippen molar-refractivity contribution in [2.75, 3.05) is 5.32 Å². The summed E-state index contributed by atoms with van der Waals surface area (Å²) in [5.41, 5.74) is 2.08. The molecule has 0 radical (unpaired) electrons. The maximum atomic E-state index is 11.8. The third-order valence-corrected chi connectivity index (χ3v) is 2.93. The first kappa shape index (κ1) is 13.0. The van der Waals surface area contributed by atoms with Crippen LogP contribution in [0.2, 0.25) is 0 Å². The van der Waals surface area contributed by atoms with Gasteiger partial charge in [-0.2, -0.15) is 0 Å². The average molecular weight is 283 g/mol. The smallest absolute Gasteiger partial charge is 0.413 e.